The van der Waals surface area contributed by atoms with E-state index in [9.17, 15) is 0 Å². The molecule has 1 heterocycles. The minimum Gasteiger partial charge on any atom is -0.411 e. The summed E-state index contributed by atoms with van der Waals surface area (Å²) in [5.74, 6) is 0. The van der Waals surface area contributed by atoms with Crippen molar-refractivity contribution in [2.24, 2.45) is 0 Å². The summed E-state index contributed by atoms with van der Waals surface area (Å²) in [6.45, 7) is 5.99. The van der Waals surface area contributed by atoms with Gasteiger partial charge >= 0.3 is 0 Å². The molecule has 0 saturated carbocycles. The van der Waals surface area contributed by atoms with Gasteiger partial charge in [-0.25, -0.2) is 0 Å². The molecule has 0 atom stereocenters. The molecule has 1 aromatic rings. The van der Waals surface area contributed by atoms with Gasteiger partial charge in [0, 0.05) is 31.9 Å². The first kappa shape index (κ1) is 11.6. The third kappa shape index (κ3) is 2.62. The zero-order valence-corrected chi connectivity index (χ0v) is 11.0. The number of hydrogen-bond acceptors (Lipinski definition) is 3. The van der Waals surface area contributed by atoms with Crippen molar-refractivity contribution in [2.75, 3.05) is 31.1 Å². The number of aryl methyl sites for hydroxylation is 1. The number of anilines is 1. The Balaban J connectivity index is 1.99. The van der Waals surface area contributed by atoms with Crippen LogP contribution in [0.2, 0.25) is 0 Å². The number of nitrogens with zero attached hydrogens (tertiary/aromatic N) is 2. The number of benzene rings is 1. The van der Waals surface area contributed by atoms with Gasteiger partial charge in [-0.3, -0.25) is 0 Å². The summed E-state index contributed by atoms with van der Waals surface area (Å²) >= 11 is 10.0. The van der Waals surface area contributed by atoms with Crippen LogP contribution in [-0.2, 0) is 12.6 Å². The van der Waals surface area contributed by atoms with E-state index in [2.05, 4.69) is 41.0 Å². The number of piperazine rings is 1. The van der Waals surface area contributed by atoms with E-state index in [1.165, 1.54) is 11.3 Å². The molecule has 2 rings (SSSR count). The van der Waals surface area contributed by atoms with Gasteiger partial charge in [-0.1, -0.05) is 22.0 Å². The Morgan fingerprint density at radius 1 is 1.12 bits per heavy atom. The Bertz CT molecular complexity index is 367. The van der Waals surface area contributed by atoms with Gasteiger partial charge < -0.3 is 34.6 Å². The molecule has 1 aliphatic heterocycles. The van der Waals surface area contributed by atoms with Crippen molar-refractivity contribution in [1.29, 1.82) is 0 Å². The highest BCUT2D eigenvalue weighted by Gasteiger charge is 2.14. The Morgan fingerprint density at radius 2 is 1.69 bits per heavy atom. The standard InChI is InChI=1S/C12H16N2S2/c1-10-2-4-11(5-3-10)13-6-8-14(9-7-13)12(15)16/h2-5H,6-9H2,1H3,(H,15,16)/p-1. The molecule has 1 fully saturated rings. The van der Waals surface area contributed by atoms with Crippen LogP contribution in [0.4, 0.5) is 5.69 Å². The van der Waals surface area contributed by atoms with Gasteiger partial charge in [0.15, 0.2) is 0 Å². The van der Waals surface area contributed by atoms with Gasteiger partial charge in [0.05, 0.1) is 0 Å². The summed E-state index contributed by atoms with van der Waals surface area (Å²) in [5, 5.41) is 0. The first-order valence-corrected chi connectivity index (χ1v) is 6.26. The van der Waals surface area contributed by atoms with E-state index >= 15 is 0 Å². The lowest BCUT2D eigenvalue weighted by Crippen LogP contribution is -2.47. The maximum Gasteiger partial charge on any atom is 0.0367 e. The van der Waals surface area contributed by atoms with Crippen molar-refractivity contribution in [1.82, 2.24) is 4.90 Å². The Hall–Kier alpha value is -0.870. The molecule has 0 N–H and O–H groups in total. The maximum absolute atomic E-state index is 5.01. The maximum atomic E-state index is 5.01. The smallest absolute Gasteiger partial charge is 0.0367 e. The molecule has 86 valence electrons. The molecule has 0 aromatic heterocycles. The van der Waals surface area contributed by atoms with Crippen LogP contribution in [0.25, 0.3) is 0 Å². The molecule has 16 heavy (non-hydrogen) atoms. The van der Waals surface area contributed by atoms with Crippen molar-refractivity contribution < 1.29 is 0 Å². The fraction of sp³-hybridized carbons (Fsp3) is 0.417. The minimum atomic E-state index is 0.601. The zero-order valence-electron chi connectivity index (χ0n) is 9.35. The largest absolute Gasteiger partial charge is 0.411 e. The van der Waals surface area contributed by atoms with Gasteiger partial charge in [0.2, 0.25) is 0 Å². The molecule has 0 radical (unpaired) electrons. The van der Waals surface area contributed by atoms with Gasteiger partial charge in [0.25, 0.3) is 0 Å². The van der Waals surface area contributed by atoms with E-state index in [1.807, 2.05) is 0 Å². The van der Waals surface area contributed by atoms with Gasteiger partial charge in [-0.2, -0.15) is 0 Å². The summed E-state index contributed by atoms with van der Waals surface area (Å²) in [4.78, 5) is 4.47. The molecule has 0 aliphatic carbocycles. The van der Waals surface area contributed by atoms with E-state index in [-0.39, 0.29) is 0 Å². The lowest BCUT2D eigenvalue weighted by molar-refractivity contribution is 0.398. The molecule has 1 aromatic carbocycles. The van der Waals surface area contributed by atoms with E-state index in [4.69, 9.17) is 24.8 Å². The van der Waals surface area contributed by atoms with Gasteiger partial charge in [0.1, 0.15) is 0 Å². The van der Waals surface area contributed by atoms with Gasteiger partial charge in [-0.05, 0) is 19.1 Å². The molecule has 0 bridgehead atoms. The fourth-order valence-corrected chi connectivity index (χ4v) is 2.27. The predicted octanol–water partition coefficient (Wildman–Crippen LogP) is 1.95. The molecule has 1 saturated heterocycles. The predicted molar refractivity (Wildman–Crippen MR) is 74.9 cm³/mol. The van der Waals surface area contributed by atoms with E-state index in [1.54, 1.807) is 0 Å². The van der Waals surface area contributed by atoms with Crippen molar-refractivity contribution >= 4 is 34.9 Å². The summed E-state index contributed by atoms with van der Waals surface area (Å²) in [5.41, 5.74) is 2.59. The molecule has 2 nitrogen and oxygen atoms in total. The van der Waals surface area contributed by atoms with Crippen LogP contribution in [0.5, 0.6) is 0 Å². The average Bonchev–Trinajstić information content (AvgIpc) is 2.30. The number of thiocarbonyl (C=S) groups is 1. The molecular formula is C12H15N2S2-. The first-order chi connectivity index (χ1) is 7.66. The van der Waals surface area contributed by atoms with Crippen molar-refractivity contribution in [3.63, 3.8) is 0 Å². The van der Waals surface area contributed by atoms with Crippen LogP contribution in [-0.4, -0.2) is 35.4 Å². The summed E-state index contributed by atoms with van der Waals surface area (Å²) in [7, 11) is 0. The number of rotatable bonds is 1. The second kappa shape index (κ2) is 4.97. The normalized spacial score (nSPS) is 16.3. The third-order valence-corrected chi connectivity index (χ3v) is 3.45. The lowest BCUT2D eigenvalue weighted by Gasteiger charge is -2.39. The topological polar surface area (TPSA) is 6.48 Å². The lowest BCUT2D eigenvalue weighted by atomic mass is 10.2. The molecular weight excluding hydrogens is 236 g/mol. The summed E-state index contributed by atoms with van der Waals surface area (Å²) in [6.07, 6.45) is 0. The highest BCUT2D eigenvalue weighted by atomic mass is 32.1. The molecule has 4 heteroatoms. The molecule has 0 spiro atoms. The quantitative estimate of drug-likeness (QED) is 0.556. The van der Waals surface area contributed by atoms with E-state index in [0.717, 1.165) is 26.2 Å². The van der Waals surface area contributed by atoms with Crippen molar-refractivity contribution in [3.8, 4) is 0 Å². The second-order valence-electron chi connectivity index (χ2n) is 4.08. The molecule has 1 aliphatic rings. The molecule has 0 amide bonds. The van der Waals surface area contributed by atoms with Gasteiger partial charge in [-0.15, -0.1) is 0 Å². The summed E-state index contributed by atoms with van der Waals surface area (Å²) < 4.78 is 0.601. The third-order valence-electron chi connectivity index (χ3n) is 2.94. The van der Waals surface area contributed by atoms with Crippen LogP contribution in [0, 0.1) is 6.92 Å². The van der Waals surface area contributed by atoms with Crippen LogP contribution in [0.1, 0.15) is 5.56 Å². The molecule has 0 unspecified atom stereocenters. The second-order valence-corrected chi connectivity index (χ2v) is 5.11. The average molecular weight is 251 g/mol. The minimum absolute atomic E-state index is 0.601. The first-order valence-electron chi connectivity index (χ1n) is 5.44. The van der Waals surface area contributed by atoms with E-state index < -0.39 is 0 Å². The van der Waals surface area contributed by atoms with Crippen LogP contribution in [0.3, 0.4) is 0 Å². The Kier molecular flexibility index (Phi) is 3.61. The Morgan fingerprint density at radius 3 is 2.19 bits per heavy atom. The van der Waals surface area contributed by atoms with Crippen LogP contribution < -0.4 is 4.90 Å². The SMILES string of the molecule is Cc1ccc(N2CCN(C(=S)[S-])CC2)cc1. The highest BCUT2D eigenvalue weighted by Crippen LogP contribution is 2.17. The monoisotopic (exact) mass is 251 g/mol. The fourth-order valence-electron chi connectivity index (χ4n) is 1.90. The van der Waals surface area contributed by atoms with Crippen molar-refractivity contribution in [2.45, 2.75) is 6.92 Å². The van der Waals surface area contributed by atoms with Crippen LogP contribution >= 0.6 is 12.2 Å². The van der Waals surface area contributed by atoms with Crippen LogP contribution in [0.15, 0.2) is 24.3 Å². The Labute approximate surface area is 108 Å². The summed E-state index contributed by atoms with van der Waals surface area (Å²) in [6, 6.07) is 8.66. The highest BCUT2D eigenvalue weighted by molar-refractivity contribution is 8.00. The number of hydrogen-bond donors (Lipinski definition) is 0. The van der Waals surface area contributed by atoms with E-state index in [0.29, 0.717) is 4.32 Å². The zero-order chi connectivity index (χ0) is 11.5. The van der Waals surface area contributed by atoms with Crippen molar-refractivity contribution in [3.05, 3.63) is 29.8 Å².